The number of aliphatic hydroxyl groups is 1. The third-order valence-electron chi connectivity index (χ3n) is 2.56. The van der Waals surface area contributed by atoms with Crippen molar-refractivity contribution in [1.29, 1.82) is 0 Å². The molecule has 1 atom stereocenters. The fourth-order valence-corrected chi connectivity index (χ4v) is 1.53. The standard InChI is InChI=1S/C14H21FO4/c1-11(16)13-5-4-12(10-14(13)15)19-7-3-6-18-9-8-17-2/h4-5,10-11,16H,3,6-9H2,1-2H3/t11-/m0/s1. The summed E-state index contributed by atoms with van der Waals surface area (Å²) in [5.74, 6) is 0.00244. The van der Waals surface area contributed by atoms with Crippen molar-refractivity contribution in [3.05, 3.63) is 29.6 Å². The Bertz CT molecular complexity index is 368. The summed E-state index contributed by atoms with van der Waals surface area (Å²) in [5.41, 5.74) is 0.273. The van der Waals surface area contributed by atoms with Crippen LogP contribution in [-0.2, 0) is 9.47 Å². The van der Waals surface area contributed by atoms with E-state index >= 15 is 0 Å². The zero-order chi connectivity index (χ0) is 14.1. The monoisotopic (exact) mass is 272 g/mol. The molecule has 0 unspecified atom stereocenters. The highest BCUT2D eigenvalue weighted by Crippen LogP contribution is 2.21. The molecule has 4 nitrogen and oxygen atoms in total. The lowest BCUT2D eigenvalue weighted by Crippen LogP contribution is -2.07. The van der Waals surface area contributed by atoms with Crippen molar-refractivity contribution in [2.45, 2.75) is 19.4 Å². The van der Waals surface area contributed by atoms with Gasteiger partial charge in [0, 0.05) is 31.8 Å². The van der Waals surface area contributed by atoms with Crippen LogP contribution in [0.5, 0.6) is 5.75 Å². The maximum atomic E-state index is 13.5. The fourth-order valence-electron chi connectivity index (χ4n) is 1.53. The topological polar surface area (TPSA) is 47.9 Å². The molecule has 19 heavy (non-hydrogen) atoms. The van der Waals surface area contributed by atoms with Crippen LogP contribution < -0.4 is 4.74 Å². The summed E-state index contributed by atoms with van der Waals surface area (Å²) in [7, 11) is 1.62. The van der Waals surface area contributed by atoms with E-state index in [0.29, 0.717) is 32.2 Å². The van der Waals surface area contributed by atoms with Gasteiger partial charge in [0.15, 0.2) is 0 Å². The van der Waals surface area contributed by atoms with Crippen molar-refractivity contribution in [3.8, 4) is 5.75 Å². The van der Waals surface area contributed by atoms with E-state index in [4.69, 9.17) is 14.2 Å². The van der Waals surface area contributed by atoms with E-state index in [1.807, 2.05) is 0 Å². The molecule has 0 heterocycles. The van der Waals surface area contributed by atoms with E-state index in [0.717, 1.165) is 6.42 Å². The number of hydrogen-bond acceptors (Lipinski definition) is 4. The average molecular weight is 272 g/mol. The Labute approximate surface area is 113 Å². The molecule has 1 rings (SSSR count). The first-order valence-corrected chi connectivity index (χ1v) is 6.32. The quantitative estimate of drug-likeness (QED) is 0.701. The van der Waals surface area contributed by atoms with Gasteiger partial charge in [-0.15, -0.1) is 0 Å². The highest BCUT2D eigenvalue weighted by Gasteiger charge is 2.08. The first kappa shape index (κ1) is 15.9. The minimum atomic E-state index is -0.816. The molecule has 0 amide bonds. The minimum Gasteiger partial charge on any atom is -0.493 e. The zero-order valence-corrected chi connectivity index (χ0v) is 11.4. The van der Waals surface area contributed by atoms with Crippen LogP contribution in [0.4, 0.5) is 4.39 Å². The van der Waals surface area contributed by atoms with Crippen molar-refractivity contribution < 1.29 is 23.7 Å². The Balaban J connectivity index is 2.25. The SMILES string of the molecule is COCCOCCCOc1ccc([C@H](C)O)c(F)c1. The van der Waals surface area contributed by atoms with Crippen LogP contribution in [0.2, 0.25) is 0 Å². The van der Waals surface area contributed by atoms with Crippen LogP contribution in [0.15, 0.2) is 18.2 Å². The van der Waals surface area contributed by atoms with Crippen molar-refractivity contribution in [2.24, 2.45) is 0 Å². The summed E-state index contributed by atoms with van der Waals surface area (Å²) >= 11 is 0. The first-order valence-electron chi connectivity index (χ1n) is 6.32. The lowest BCUT2D eigenvalue weighted by Gasteiger charge is -2.10. The fraction of sp³-hybridized carbons (Fsp3) is 0.571. The number of hydrogen-bond donors (Lipinski definition) is 1. The molecule has 0 spiro atoms. The second kappa shape index (κ2) is 8.85. The largest absolute Gasteiger partial charge is 0.493 e. The summed E-state index contributed by atoms with van der Waals surface area (Å²) in [4.78, 5) is 0. The number of benzene rings is 1. The lowest BCUT2D eigenvalue weighted by molar-refractivity contribution is 0.0644. The Morgan fingerprint density at radius 1 is 1.21 bits per heavy atom. The maximum absolute atomic E-state index is 13.5. The summed E-state index contributed by atoms with van der Waals surface area (Å²) in [5, 5.41) is 9.30. The highest BCUT2D eigenvalue weighted by atomic mass is 19.1. The van der Waals surface area contributed by atoms with E-state index in [1.54, 1.807) is 13.2 Å². The molecule has 108 valence electrons. The molecular formula is C14H21FO4. The smallest absolute Gasteiger partial charge is 0.132 e. The predicted molar refractivity (Wildman–Crippen MR) is 69.8 cm³/mol. The van der Waals surface area contributed by atoms with Crippen LogP contribution in [0.1, 0.15) is 25.0 Å². The number of aliphatic hydroxyl groups excluding tert-OH is 1. The van der Waals surface area contributed by atoms with Gasteiger partial charge < -0.3 is 19.3 Å². The average Bonchev–Trinajstić information content (AvgIpc) is 2.37. The van der Waals surface area contributed by atoms with E-state index in [-0.39, 0.29) is 5.56 Å². The minimum absolute atomic E-state index is 0.273. The van der Waals surface area contributed by atoms with E-state index in [1.165, 1.54) is 19.1 Å². The Morgan fingerprint density at radius 2 is 2.00 bits per heavy atom. The van der Waals surface area contributed by atoms with Gasteiger partial charge in [-0.3, -0.25) is 0 Å². The molecule has 5 heteroatoms. The molecule has 0 fully saturated rings. The Kier molecular flexibility index (Phi) is 7.40. The van der Waals surface area contributed by atoms with Crippen molar-refractivity contribution in [3.63, 3.8) is 0 Å². The normalized spacial score (nSPS) is 12.4. The molecule has 0 bridgehead atoms. The second-order valence-corrected chi connectivity index (χ2v) is 4.17. The molecule has 0 saturated heterocycles. The first-order chi connectivity index (χ1) is 9.15. The van der Waals surface area contributed by atoms with E-state index in [9.17, 15) is 9.50 Å². The molecule has 0 saturated carbocycles. The van der Waals surface area contributed by atoms with E-state index in [2.05, 4.69) is 0 Å². The lowest BCUT2D eigenvalue weighted by atomic mass is 10.1. The Hall–Kier alpha value is -1.17. The molecule has 1 aromatic carbocycles. The zero-order valence-electron chi connectivity index (χ0n) is 11.4. The van der Waals surface area contributed by atoms with Crippen LogP contribution in [0, 0.1) is 5.82 Å². The molecule has 0 aliphatic rings. The van der Waals surface area contributed by atoms with Gasteiger partial charge in [0.05, 0.1) is 25.9 Å². The number of rotatable bonds is 9. The third kappa shape index (κ3) is 6.00. The predicted octanol–water partition coefficient (Wildman–Crippen LogP) is 2.31. The molecule has 0 aliphatic heterocycles. The Morgan fingerprint density at radius 3 is 2.63 bits per heavy atom. The number of ether oxygens (including phenoxy) is 3. The van der Waals surface area contributed by atoms with Crippen molar-refractivity contribution in [1.82, 2.24) is 0 Å². The van der Waals surface area contributed by atoms with Crippen molar-refractivity contribution in [2.75, 3.05) is 33.5 Å². The van der Waals surface area contributed by atoms with Gasteiger partial charge in [-0.2, -0.15) is 0 Å². The highest BCUT2D eigenvalue weighted by molar-refractivity contribution is 5.29. The number of halogens is 1. The van der Waals surface area contributed by atoms with Gasteiger partial charge in [0.25, 0.3) is 0 Å². The van der Waals surface area contributed by atoms with Crippen LogP contribution in [0.25, 0.3) is 0 Å². The van der Waals surface area contributed by atoms with Crippen LogP contribution >= 0.6 is 0 Å². The molecule has 0 radical (unpaired) electrons. The molecule has 1 N–H and O–H groups in total. The van der Waals surface area contributed by atoms with Gasteiger partial charge in [-0.25, -0.2) is 4.39 Å². The van der Waals surface area contributed by atoms with Gasteiger partial charge in [0.2, 0.25) is 0 Å². The summed E-state index contributed by atoms with van der Waals surface area (Å²) in [6.45, 7) is 3.70. The van der Waals surface area contributed by atoms with Crippen molar-refractivity contribution >= 4 is 0 Å². The van der Waals surface area contributed by atoms with E-state index < -0.39 is 11.9 Å². The third-order valence-corrected chi connectivity index (χ3v) is 2.56. The summed E-state index contributed by atoms with van der Waals surface area (Å²) in [6, 6.07) is 4.47. The van der Waals surface area contributed by atoms with Gasteiger partial charge in [-0.1, -0.05) is 0 Å². The summed E-state index contributed by atoms with van der Waals surface area (Å²) < 4.78 is 29.0. The molecule has 0 aromatic heterocycles. The maximum Gasteiger partial charge on any atom is 0.132 e. The van der Waals surface area contributed by atoms with Gasteiger partial charge >= 0.3 is 0 Å². The molecule has 1 aromatic rings. The van der Waals surface area contributed by atoms with Gasteiger partial charge in [-0.05, 0) is 19.1 Å². The number of methoxy groups -OCH3 is 1. The molecule has 0 aliphatic carbocycles. The second-order valence-electron chi connectivity index (χ2n) is 4.17. The van der Waals surface area contributed by atoms with Gasteiger partial charge in [0.1, 0.15) is 11.6 Å². The van der Waals surface area contributed by atoms with Crippen LogP contribution in [-0.4, -0.2) is 38.6 Å². The van der Waals surface area contributed by atoms with Crippen LogP contribution in [0.3, 0.4) is 0 Å². The molecular weight excluding hydrogens is 251 g/mol. The summed E-state index contributed by atoms with van der Waals surface area (Å²) in [6.07, 6.45) is -0.0908.